The Morgan fingerprint density at radius 2 is 1.56 bits per heavy atom. The van der Waals surface area contributed by atoms with E-state index in [4.69, 9.17) is 14.2 Å². The Balaban J connectivity index is 1.19. The van der Waals surface area contributed by atoms with Gasteiger partial charge in [0.15, 0.2) is 5.79 Å². The van der Waals surface area contributed by atoms with Gasteiger partial charge in [0.05, 0.1) is 26.4 Å². The molecule has 1 aliphatic heterocycles. The Hall–Kier alpha value is -1.62. The van der Waals surface area contributed by atoms with Gasteiger partial charge < -0.3 is 14.2 Å². The molecule has 4 aliphatic carbocycles. The molecule has 0 N–H and O–H groups in total. The molecule has 4 bridgehead atoms. The molecule has 1 aromatic rings. The van der Waals surface area contributed by atoms with Crippen LogP contribution in [0.5, 0.6) is 0 Å². The van der Waals surface area contributed by atoms with Crippen molar-refractivity contribution in [3.8, 4) is 0 Å². The summed E-state index contributed by atoms with van der Waals surface area (Å²) in [6, 6.07) is 8.77. The number of benzene rings is 1. The van der Waals surface area contributed by atoms with Gasteiger partial charge in [-0.3, -0.25) is 4.18 Å². The molecule has 34 heavy (non-hydrogen) atoms. The zero-order chi connectivity index (χ0) is 24.0. The lowest BCUT2D eigenvalue weighted by Gasteiger charge is -2.56. The second-order valence-corrected chi connectivity index (χ2v) is 12.0. The van der Waals surface area contributed by atoms with Crippen molar-refractivity contribution in [1.29, 1.82) is 0 Å². The summed E-state index contributed by atoms with van der Waals surface area (Å²) in [6.07, 6.45) is 5.87. The largest absolute Gasteiger partial charge is 0.466 e. The molecule has 188 valence electrons. The highest BCUT2D eigenvalue weighted by molar-refractivity contribution is 7.88. The first kappa shape index (κ1) is 24.1. The van der Waals surface area contributed by atoms with Gasteiger partial charge >= 0.3 is 21.3 Å². The van der Waals surface area contributed by atoms with Crippen LogP contribution in [0, 0.1) is 23.2 Å². The van der Waals surface area contributed by atoms with E-state index in [1.807, 2.05) is 0 Å². The number of alkyl halides is 2. The average Bonchev–Trinajstić information content (AvgIpc) is 3.27. The molecule has 10 heteroatoms. The molecule has 4 saturated carbocycles. The Labute approximate surface area is 198 Å². The van der Waals surface area contributed by atoms with Crippen LogP contribution in [0.25, 0.3) is 0 Å². The first-order valence-electron chi connectivity index (χ1n) is 11.9. The molecule has 0 spiro atoms. The van der Waals surface area contributed by atoms with Crippen LogP contribution in [-0.2, 0) is 39.1 Å². The third-order valence-electron chi connectivity index (χ3n) is 7.86. The third kappa shape index (κ3) is 4.38. The Bertz CT molecular complexity index is 970. The predicted octanol–water partition coefficient (Wildman–Crippen LogP) is 3.98. The van der Waals surface area contributed by atoms with Crippen LogP contribution in [0.4, 0.5) is 8.78 Å². The molecule has 0 aromatic heterocycles. The maximum atomic E-state index is 14.6. The summed E-state index contributed by atoms with van der Waals surface area (Å²) in [6.45, 7) is -0.267. The van der Waals surface area contributed by atoms with E-state index in [0.29, 0.717) is 23.3 Å². The number of carbonyl (C=O) groups is 1. The molecule has 6 rings (SSSR count). The van der Waals surface area contributed by atoms with Crippen LogP contribution < -0.4 is 0 Å². The summed E-state index contributed by atoms with van der Waals surface area (Å²) >= 11 is 0. The normalized spacial score (nSPS) is 32.1. The van der Waals surface area contributed by atoms with Crippen molar-refractivity contribution in [2.24, 2.45) is 23.2 Å². The van der Waals surface area contributed by atoms with Crippen molar-refractivity contribution < 1.29 is 40.4 Å². The lowest BCUT2D eigenvalue weighted by atomic mass is 9.50. The molecule has 0 atom stereocenters. The van der Waals surface area contributed by atoms with Gasteiger partial charge in [0.2, 0.25) is 0 Å². The minimum absolute atomic E-state index is 0.144. The van der Waals surface area contributed by atoms with E-state index >= 15 is 0 Å². The van der Waals surface area contributed by atoms with E-state index < -0.39 is 33.7 Å². The fourth-order valence-electron chi connectivity index (χ4n) is 6.83. The monoisotopic (exact) mass is 500 g/mol. The van der Waals surface area contributed by atoms with E-state index in [1.165, 1.54) is 0 Å². The first-order valence-corrected chi connectivity index (χ1v) is 13.3. The van der Waals surface area contributed by atoms with Crippen LogP contribution in [0.2, 0.25) is 0 Å². The second-order valence-electron chi connectivity index (χ2n) is 10.4. The average molecular weight is 501 g/mol. The van der Waals surface area contributed by atoms with Gasteiger partial charge in [-0.1, -0.05) is 30.3 Å². The van der Waals surface area contributed by atoms with Gasteiger partial charge in [0.25, 0.3) is 0 Å². The van der Waals surface area contributed by atoms with Crippen molar-refractivity contribution in [1.82, 2.24) is 0 Å². The molecule has 0 unspecified atom stereocenters. The molecule has 7 nitrogen and oxygen atoms in total. The molecule has 5 aliphatic rings. The van der Waals surface area contributed by atoms with Crippen molar-refractivity contribution >= 4 is 16.1 Å². The van der Waals surface area contributed by atoms with E-state index in [2.05, 4.69) is 4.18 Å². The van der Waals surface area contributed by atoms with Gasteiger partial charge in [-0.05, 0) is 56.3 Å². The number of hydrogen-bond acceptors (Lipinski definition) is 7. The number of ether oxygens (including phenoxy) is 3. The van der Waals surface area contributed by atoms with E-state index in [0.717, 1.165) is 38.5 Å². The standard InChI is InChI=1S/C24H30F2O7S/c25-24(26,21(27)30-16-22-13-17-10-18(14-22)12-19(11-17)15-22)34(28,29)33-7-6-23(31-8-9-32-23)20-4-2-1-3-5-20/h1-5,17-19H,6-16H2. The SMILES string of the molecule is O=C(OCC12CC3CC(CC(C3)C1)C2)C(F)(F)S(=O)(=O)OCCC1(c2ccccc2)OCCO1. The van der Waals surface area contributed by atoms with Gasteiger partial charge in [0, 0.05) is 17.4 Å². The van der Waals surface area contributed by atoms with E-state index in [1.54, 1.807) is 30.3 Å². The van der Waals surface area contributed by atoms with Crippen LogP contribution in [0.1, 0.15) is 50.5 Å². The number of halogens is 2. The number of carbonyl (C=O) groups excluding carboxylic acids is 1. The van der Waals surface area contributed by atoms with Gasteiger partial charge in [-0.25, -0.2) is 4.79 Å². The second kappa shape index (κ2) is 8.80. The summed E-state index contributed by atoms with van der Waals surface area (Å²) in [5.41, 5.74) is 0.319. The highest BCUT2D eigenvalue weighted by atomic mass is 32.2. The number of rotatable bonds is 9. The smallest absolute Gasteiger partial charge is 0.460 e. The predicted molar refractivity (Wildman–Crippen MR) is 116 cm³/mol. The number of hydrogen-bond donors (Lipinski definition) is 0. The fraction of sp³-hybridized carbons (Fsp3) is 0.708. The summed E-state index contributed by atoms with van der Waals surface area (Å²) in [4.78, 5) is 12.2. The van der Waals surface area contributed by atoms with Crippen LogP contribution in [0.15, 0.2) is 30.3 Å². The Morgan fingerprint density at radius 1 is 1.00 bits per heavy atom. The molecule has 5 fully saturated rings. The molecule has 1 heterocycles. The lowest BCUT2D eigenvalue weighted by molar-refractivity contribution is -0.176. The molecule has 1 aromatic carbocycles. The highest BCUT2D eigenvalue weighted by Gasteiger charge is 2.58. The molecule has 1 saturated heterocycles. The summed E-state index contributed by atoms with van der Waals surface area (Å²) < 4.78 is 74.6. The zero-order valence-electron chi connectivity index (χ0n) is 18.9. The molecular weight excluding hydrogens is 470 g/mol. The van der Waals surface area contributed by atoms with Crippen molar-refractivity contribution in [2.75, 3.05) is 26.4 Å². The van der Waals surface area contributed by atoms with Gasteiger partial charge in [0.1, 0.15) is 0 Å². The van der Waals surface area contributed by atoms with Crippen LogP contribution in [0.3, 0.4) is 0 Å². The van der Waals surface area contributed by atoms with Gasteiger partial charge in [-0.2, -0.15) is 17.2 Å². The minimum atomic E-state index is -5.56. The highest BCUT2D eigenvalue weighted by Crippen LogP contribution is 2.60. The topological polar surface area (TPSA) is 88.1 Å². The maximum absolute atomic E-state index is 14.6. The summed E-state index contributed by atoms with van der Waals surface area (Å²) in [7, 11) is -5.56. The zero-order valence-corrected chi connectivity index (χ0v) is 19.7. The number of esters is 1. The quantitative estimate of drug-likeness (QED) is 0.374. The van der Waals surface area contributed by atoms with Crippen LogP contribution >= 0.6 is 0 Å². The fourth-order valence-corrected chi connectivity index (χ4v) is 7.55. The maximum Gasteiger partial charge on any atom is 0.466 e. The molecular formula is C24H30F2O7S. The minimum Gasteiger partial charge on any atom is -0.460 e. The van der Waals surface area contributed by atoms with Gasteiger partial charge in [-0.15, -0.1) is 0 Å². The van der Waals surface area contributed by atoms with Crippen molar-refractivity contribution in [2.45, 2.75) is 56.0 Å². The van der Waals surface area contributed by atoms with E-state index in [9.17, 15) is 22.0 Å². The Morgan fingerprint density at radius 3 is 2.12 bits per heavy atom. The van der Waals surface area contributed by atoms with E-state index in [-0.39, 0.29) is 31.7 Å². The van der Waals surface area contributed by atoms with Crippen molar-refractivity contribution in [3.63, 3.8) is 0 Å². The Kier molecular flexibility index (Phi) is 6.23. The summed E-state index contributed by atoms with van der Waals surface area (Å²) in [5.74, 6) is -1.71. The lowest BCUT2D eigenvalue weighted by Crippen LogP contribution is -2.49. The van der Waals surface area contributed by atoms with Crippen LogP contribution in [-0.4, -0.2) is 46.1 Å². The molecule has 0 amide bonds. The van der Waals surface area contributed by atoms with Crippen molar-refractivity contribution in [3.05, 3.63) is 35.9 Å². The third-order valence-corrected chi connectivity index (χ3v) is 9.13. The molecule has 0 radical (unpaired) electrons. The summed E-state index contributed by atoms with van der Waals surface area (Å²) in [5, 5.41) is -4.80. The first-order chi connectivity index (χ1) is 16.1.